The van der Waals surface area contributed by atoms with Gasteiger partial charge in [-0.25, -0.2) is 14.4 Å². The van der Waals surface area contributed by atoms with Crippen LogP contribution >= 0.6 is 0 Å². The van der Waals surface area contributed by atoms with E-state index in [2.05, 4.69) is 48.2 Å². The monoisotopic (exact) mass is 533 g/mol. The first-order chi connectivity index (χ1) is 19.6. The maximum Gasteiger partial charge on any atom is 0.178 e. The first-order valence-electron chi connectivity index (χ1n) is 13.5. The van der Waals surface area contributed by atoms with E-state index < -0.39 is 0 Å². The Labute approximate surface area is 230 Å². The van der Waals surface area contributed by atoms with Crippen molar-refractivity contribution in [1.82, 2.24) is 35.0 Å². The van der Waals surface area contributed by atoms with Crippen LogP contribution in [0.3, 0.4) is 0 Å². The highest BCUT2D eigenvalue weighted by atomic mass is 19.1. The Bertz CT molecular complexity index is 1840. The summed E-state index contributed by atoms with van der Waals surface area (Å²) in [6, 6.07) is 14.9. The second-order valence-electron chi connectivity index (χ2n) is 10.3. The number of methoxy groups -OCH3 is 1. The van der Waals surface area contributed by atoms with Crippen LogP contribution in [0.5, 0.6) is 5.75 Å². The van der Waals surface area contributed by atoms with Crippen molar-refractivity contribution in [2.24, 2.45) is 0 Å². The molecule has 9 heteroatoms. The quantitative estimate of drug-likeness (QED) is 0.259. The third-order valence-corrected chi connectivity index (χ3v) is 7.58. The first kappa shape index (κ1) is 24.4. The van der Waals surface area contributed by atoms with Gasteiger partial charge < -0.3 is 9.72 Å². The number of nitrogens with one attached hydrogen (secondary N) is 2. The average molecular weight is 534 g/mol. The Kier molecular flexibility index (Phi) is 6.20. The predicted octanol–water partition coefficient (Wildman–Crippen LogP) is 6.36. The van der Waals surface area contributed by atoms with Crippen LogP contribution in [0, 0.1) is 5.82 Å². The van der Waals surface area contributed by atoms with E-state index in [4.69, 9.17) is 9.72 Å². The van der Waals surface area contributed by atoms with Crippen LogP contribution in [0.15, 0.2) is 67.1 Å². The van der Waals surface area contributed by atoms with Crippen LogP contribution in [0.2, 0.25) is 0 Å². The molecule has 0 aliphatic carbocycles. The lowest BCUT2D eigenvalue weighted by atomic mass is 10.0. The molecular formula is C31H28FN7O. The normalized spacial score (nSPS) is 14.2. The van der Waals surface area contributed by atoms with E-state index in [9.17, 15) is 4.39 Å². The van der Waals surface area contributed by atoms with Crippen molar-refractivity contribution >= 4 is 22.1 Å². The van der Waals surface area contributed by atoms with Gasteiger partial charge in [0.25, 0.3) is 0 Å². The van der Waals surface area contributed by atoms with E-state index in [1.807, 2.05) is 24.5 Å². The van der Waals surface area contributed by atoms with Crippen LogP contribution in [-0.4, -0.2) is 55.2 Å². The number of benzene rings is 2. The summed E-state index contributed by atoms with van der Waals surface area (Å²) in [6.45, 7) is 3.22. The largest absolute Gasteiger partial charge is 0.497 e. The van der Waals surface area contributed by atoms with Crippen LogP contribution in [0.25, 0.3) is 55.8 Å². The number of fused-ring (bicyclic) bond motifs is 2. The molecule has 5 heterocycles. The molecule has 1 fully saturated rings. The highest BCUT2D eigenvalue weighted by Gasteiger charge is 2.17. The topological polar surface area (TPSA) is 95.6 Å². The predicted molar refractivity (Wildman–Crippen MR) is 153 cm³/mol. The molecule has 4 aromatic heterocycles. The number of H-pyrrole nitrogens is 2. The lowest BCUT2D eigenvalue weighted by molar-refractivity contribution is 0.220. The molecule has 2 aromatic carbocycles. The molecule has 0 spiro atoms. The molecule has 1 aliphatic rings. The number of aromatic amines is 2. The van der Waals surface area contributed by atoms with Crippen molar-refractivity contribution < 1.29 is 9.13 Å². The Morgan fingerprint density at radius 2 is 1.85 bits per heavy atom. The molecule has 8 nitrogen and oxygen atoms in total. The molecular weight excluding hydrogens is 505 g/mol. The second-order valence-corrected chi connectivity index (χ2v) is 10.3. The second kappa shape index (κ2) is 10.2. The minimum absolute atomic E-state index is 0.376. The number of pyridine rings is 2. The van der Waals surface area contributed by atoms with Crippen LogP contribution in [0.1, 0.15) is 24.8 Å². The van der Waals surface area contributed by atoms with E-state index in [1.165, 1.54) is 44.1 Å². The summed E-state index contributed by atoms with van der Waals surface area (Å²) in [5.74, 6) is 0.651. The van der Waals surface area contributed by atoms with Crippen LogP contribution in [0.4, 0.5) is 4.39 Å². The summed E-state index contributed by atoms with van der Waals surface area (Å²) in [6.07, 6.45) is 9.40. The summed E-state index contributed by atoms with van der Waals surface area (Å²) in [4.78, 5) is 19.6. The minimum Gasteiger partial charge on any atom is -0.497 e. The molecule has 6 aromatic rings. The molecule has 0 radical (unpaired) electrons. The van der Waals surface area contributed by atoms with Gasteiger partial charge in [-0.05, 0) is 79.0 Å². The van der Waals surface area contributed by atoms with Crippen LogP contribution < -0.4 is 4.74 Å². The summed E-state index contributed by atoms with van der Waals surface area (Å²) < 4.78 is 19.6. The van der Waals surface area contributed by atoms with Crippen molar-refractivity contribution in [1.29, 1.82) is 0 Å². The Morgan fingerprint density at radius 1 is 0.950 bits per heavy atom. The molecule has 0 atom stereocenters. The SMILES string of the molecule is COc1cc(F)cc(-c2ccnc3nc(-c4n[nH]c5ccc(-c6cncc(CN7CCCCC7)c6)cc45)[nH]c23)c1. The number of rotatable bonds is 6. The maximum atomic E-state index is 14.3. The Hall–Kier alpha value is -4.63. The number of imidazole rings is 1. The number of ether oxygens (including phenoxy) is 1. The number of nitrogens with zero attached hydrogens (tertiary/aromatic N) is 5. The molecule has 200 valence electrons. The van der Waals surface area contributed by atoms with E-state index in [0.717, 1.165) is 47.2 Å². The van der Waals surface area contributed by atoms with Crippen molar-refractivity contribution in [3.63, 3.8) is 0 Å². The van der Waals surface area contributed by atoms with E-state index >= 15 is 0 Å². The van der Waals surface area contributed by atoms with Gasteiger partial charge >= 0.3 is 0 Å². The highest BCUT2D eigenvalue weighted by molar-refractivity contribution is 5.97. The molecule has 0 saturated carbocycles. The fraction of sp³-hybridized carbons (Fsp3) is 0.226. The number of hydrogen-bond acceptors (Lipinski definition) is 6. The molecule has 1 saturated heterocycles. The maximum absolute atomic E-state index is 14.3. The van der Waals surface area contributed by atoms with Gasteiger partial charge in [-0.15, -0.1) is 0 Å². The van der Waals surface area contributed by atoms with Gasteiger partial charge in [-0.1, -0.05) is 12.5 Å². The summed E-state index contributed by atoms with van der Waals surface area (Å²) >= 11 is 0. The number of piperidine rings is 1. The van der Waals surface area contributed by atoms with E-state index in [-0.39, 0.29) is 5.82 Å². The van der Waals surface area contributed by atoms with Gasteiger partial charge in [0.2, 0.25) is 0 Å². The molecule has 0 amide bonds. The molecule has 0 unspecified atom stereocenters. The average Bonchev–Trinajstić information content (AvgIpc) is 3.61. The smallest absolute Gasteiger partial charge is 0.178 e. The van der Waals surface area contributed by atoms with Crippen molar-refractivity contribution in [2.75, 3.05) is 20.2 Å². The standard InChI is InChI=1S/C31H28FN7O/c1-40-24-13-21(12-23(32)15-24)25-7-8-34-30-28(25)35-31(36-30)29-26-14-20(5-6-27(26)37-38-29)22-11-19(16-33-17-22)18-39-9-3-2-4-10-39/h5-8,11-17H,2-4,9-10,18H2,1H3,(H,37,38)(H,34,35,36). The highest BCUT2D eigenvalue weighted by Crippen LogP contribution is 2.34. The number of hydrogen-bond donors (Lipinski definition) is 2. The van der Waals surface area contributed by atoms with Gasteiger partial charge in [0.15, 0.2) is 11.5 Å². The zero-order valence-electron chi connectivity index (χ0n) is 22.1. The van der Waals surface area contributed by atoms with Gasteiger partial charge in [0, 0.05) is 47.7 Å². The molecule has 2 N–H and O–H groups in total. The number of aromatic nitrogens is 6. The Balaban J connectivity index is 1.26. The molecule has 40 heavy (non-hydrogen) atoms. The third-order valence-electron chi connectivity index (χ3n) is 7.58. The fourth-order valence-electron chi connectivity index (χ4n) is 5.58. The Morgan fingerprint density at radius 3 is 2.73 bits per heavy atom. The van der Waals surface area contributed by atoms with Crippen LogP contribution in [-0.2, 0) is 6.54 Å². The summed E-state index contributed by atoms with van der Waals surface area (Å²) in [5, 5.41) is 8.65. The molecule has 7 rings (SSSR count). The lowest BCUT2D eigenvalue weighted by Crippen LogP contribution is -2.29. The first-order valence-corrected chi connectivity index (χ1v) is 13.5. The van der Waals surface area contributed by atoms with Crippen molar-refractivity contribution in [3.8, 4) is 39.5 Å². The molecule has 1 aliphatic heterocycles. The van der Waals surface area contributed by atoms with Gasteiger partial charge in [0.05, 0.1) is 18.1 Å². The number of likely N-dealkylation sites (tertiary alicyclic amines) is 1. The van der Waals surface area contributed by atoms with E-state index in [0.29, 0.717) is 34.0 Å². The summed E-state index contributed by atoms with van der Waals surface area (Å²) in [5.41, 5.74) is 7.61. The van der Waals surface area contributed by atoms with E-state index in [1.54, 1.807) is 12.3 Å². The number of halogens is 1. The van der Waals surface area contributed by atoms with Crippen molar-refractivity contribution in [2.45, 2.75) is 25.8 Å². The van der Waals surface area contributed by atoms with Gasteiger partial charge in [0.1, 0.15) is 17.3 Å². The zero-order valence-corrected chi connectivity index (χ0v) is 22.1. The van der Waals surface area contributed by atoms with Crippen molar-refractivity contribution in [3.05, 3.63) is 78.5 Å². The fourth-order valence-corrected chi connectivity index (χ4v) is 5.58. The summed E-state index contributed by atoms with van der Waals surface area (Å²) in [7, 11) is 1.52. The van der Waals surface area contributed by atoms with Gasteiger partial charge in [-0.3, -0.25) is 15.0 Å². The third kappa shape index (κ3) is 4.58. The zero-order chi connectivity index (χ0) is 27.1. The molecule has 0 bridgehead atoms. The minimum atomic E-state index is -0.376. The van der Waals surface area contributed by atoms with Gasteiger partial charge in [-0.2, -0.15) is 5.10 Å². The lowest BCUT2D eigenvalue weighted by Gasteiger charge is -2.26.